The molecule has 0 saturated heterocycles. The predicted octanol–water partition coefficient (Wildman–Crippen LogP) is 2.33. The van der Waals surface area contributed by atoms with Crippen molar-refractivity contribution in [3.8, 4) is 0 Å². The quantitative estimate of drug-likeness (QED) is 0.844. The minimum Gasteiger partial charge on any atom is -0.385 e. The summed E-state index contributed by atoms with van der Waals surface area (Å²) in [6.45, 7) is 2.56. The van der Waals surface area contributed by atoms with Gasteiger partial charge < -0.3 is 10.8 Å². The summed E-state index contributed by atoms with van der Waals surface area (Å²) in [5.41, 5.74) is 6.73. The van der Waals surface area contributed by atoms with E-state index in [4.69, 9.17) is 5.73 Å². The van der Waals surface area contributed by atoms with Gasteiger partial charge in [-0.25, -0.2) is 4.39 Å². The molecule has 17 heavy (non-hydrogen) atoms. The third-order valence-corrected chi connectivity index (χ3v) is 3.91. The zero-order valence-corrected chi connectivity index (χ0v) is 10.2. The Morgan fingerprint density at radius 3 is 2.94 bits per heavy atom. The molecular formula is C14H20FNO. The topological polar surface area (TPSA) is 46.2 Å². The van der Waals surface area contributed by atoms with Crippen molar-refractivity contribution in [1.82, 2.24) is 0 Å². The fourth-order valence-electron chi connectivity index (χ4n) is 2.98. The molecule has 0 aromatic heterocycles. The smallest absolute Gasteiger partial charge is 0.123 e. The Morgan fingerprint density at radius 2 is 2.29 bits per heavy atom. The van der Waals surface area contributed by atoms with Crippen LogP contribution in [0.25, 0.3) is 0 Å². The van der Waals surface area contributed by atoms with Crippen LogP contribution in [0.2, 0.25) is 0 Å². The Balaban J connectivity index is 2.35. The summed E-state index contributed by atoms with van der Waals surface area (Å²) < 4.78 is 13.1. The Kier molecular flexibility index (Phi) is 3.50. The molecule has 0 radical (unpaired) electrons. The van der Waals surface area contributed by atoms with E-state index >= 15 is 0 Å². The minimum absolute atomic E-state index is 0.0687. The van der Waals surface area contributed by atoms with Crippen molar-refractivity contribution >= 4 is 0 Å². The van der Waals surface area contributed by atoms with Crippen molar-refractivity contribution in [2.75, 3.05) is 6.54 Å². The first-order chi connectivity index (χ1) is 8.11. The number of benzene rings is 1. The fourth-order valence-corrected chi connectivity index (χ4v) is 2.98. The summed E-state index contributed by atoms with van der Waals surface area (Å²) in [4.78, 5) is 0. The van der Waals surface area contributed by atoms with Gasteiger partial charge in [0.2, 0.25) is 0 Å². The van der Waals surface area contributed by atoms with Crippen molar-refractivity contribution in [3.63, 3.8) is 0 Å². The van der Waals surface area contributed by atoms with E-state index in [1.54, 1.807) is 6.07 Å². The normalized spacial score (nSPS) is 24.7. The number of aliphatic hydroxyl groups is 1. The van der Waals surface area contributed by atoms with Crippen LogP contribution in [0.1, 0.15) is 37.3 Å². The van der Waals surface area contributed by atoms with Crippen LogP contribution in [0.3, 0.4) is 0 Å². The maximum Gasteiger partial charge on any atom is 0.123 e. The first-order valence-corrected chi connectivity index (χ1v) is 6.33. The third-order valence-electron chi connectivity index (χ3n) is 3.91. The van der Waals surface area contributed by atoms with Crippen LogP contribution in [0.15, 0.2) is 18.2 Å². The van der Waals surface area contributed by atoms with Crippen molar-refractivity contribution < 1.29 is 9.50 Å². The van der Waals surface area contributed by atoms with Crippen LogP contribution >= 0.6 is 0 Å². The van der Waals surface area contributed by atoms with E-state index in [-0.39, 0.29) is 11.7 Å². The second-order valence-corrected chi connectivity index (χ2v) is 4.95. The lowest BCUT2D eigenvalue weighted by Crippen LogP contribution is -2.37. The van der Waals surface area contributed by atoms with Gasteiger partial charge in [0, 0.05) is 5.92 Å². The van der Waals surface area contributed by atoms with Crippen LogP contribution in [0.5, 0.6) is 0 Å². The molecule has 1 aliphatic carbocycles. The van der Waals surface area contributed by atoms with Crippen LogP contribution < -0.4 is 5.73 Å². The molecule has 0 spiro atoms. The van der Waals surface area contributed by atoms with Crippen LogP contribution in [-0.4, -0.2) is 11.7 Å². The average molecular weight is 237 g/mol. The van der Waals surface area contributed by atoms with E-state index in [2.05, 4.69) is 6.92 Å². The Hall–Kier alpha value is -0.930. The van der Waals surface area contributed by atoms with E-state index < -0.39 is 5.60 Å². The SMILES string of the molecule is CCCC(CN)C1(O)CCc2cc(F)ccc21. The molecule has 3 heteroatoms. The van der Waals surface area contributed by atoms with E-state index in [1.807, 2.05) is 0 Å². The van der Waals surface area contributed by atoms with Crippen LogP contribution in [0.4, 0.5) is 4.39 Å². The zero-order valence-electron chi connectivity index (χ0n) is 10.2. The Morgan fingerprint density at radius 1 is 1.53 bits per heavy atom. The van der Waals surface area contributed by atoms with Gasteiger partial charge in [-0.1, -0.05) is 19.4 Å². The van der Waals surface area contributed by atoms with Gasteiger partial charge in [0.25, 0.3) is 0 Å². The van der Waals surface area contributed by atoms with Crippen molar-refractivity contribution in [2.24, 2.45) is 11.7 Å². The summed E-state index contributed by atoms with van der Waals surface area (Å²) >= 11 is 0. The number of hydrogen-bond acceptors (Lipinski definition) is 2. The van der Waals surface area contributed by atoms with Crippen LogP contribution in [0, 0.1) is 11.7 Å². The molecule has 0 aliphatic heterocycles. The number of fused-ring (bicyclic) bond motifs is 1. The second kappa shape index (κ2) is 4.75. The lowest BCUT2D eigenvalue weighted by Gasteiger charge is -2.33. The van der Waals surface area contributed by atoms with Gasteiger partial charge >= 0.3 is 0 Å². The maximum absolute atomic E-state index is 13.1. The molecule has 1 aromatic rings. The molecule has 0 heterocycles. The highest BCUT2D eigenvalue weighted by molar-refractivity contribution is 5.38. The molecule has 1 aromatic carbocycles. The zero-order chi connectivity index (χ0) is 12.5. The Labute approximate surface area is 102 Å². The van der Waals surface area contributed by atoms with E-state index in [0.717, 1.165) is 30.4 Å². The van der Waals surface area contributed by atoms with Crippen LogP contribution in [-0.2, 0) is 12.0 Å². The number of hydrogen-bond donors (Lipinski definition) is 2. The summed E-state index contributed by atoms with van der Waals surface area (Å²) in [7, 11) is 0. The summed E-state index contributed by atoms with van der Waals surface area (Å²) in [5, 5.41) is 10.8. The first-order valence-electron chi connectivity index (χ1n) is 6.33. The highest BCUT2D eigenvalue weighted by atomic mass is 19.1. The van der Waals surface area contributed by atoms with Gasteiger partial charge in [-0.15, -0.1) is 0 Å². The Bertz CT molecular complexity index is 407. The van der Waals surface area contributed by atoms with E-state index in [1.165, 1.54) is 12.1 Å². The molecule has 2 rings (SSSR count). The number of aryl methyl sites for hydroxylation is 1. The van der Waals surface area contributed by atoms with Crippen molar-refractivity contribution in [3.05, 3.63) is 35.1 Å². The number of rotatable bonds is 4. The van der Waals surface area contributed by atoms with Crippen molar-refractivity contribution in [2.45, 2.75) is 38.2 Å². The van der Waals surface area contributed by atoms with Gasteiger partial charge in [0.05, 0.1) is 5.60 Å². The molecular weight excluding hydrogens is 217 g/mol. The summed E-state index contributed by atoms with van der Waals surface area (Å²) in [6, 6.07) is 4.68. The molecule has 2 nitrogen and oxygen atoms in total. The standard InChI is InChI=1S/C14H20FNO/c1-2-3-11(9-16)14(17)7-6-10-8-12(15)4-5-13(10)14/h4-5,8,11,17H,2-3,6-7,9,16H2,1H3. The minimum atomic E-state index is -0.853. The molecule has 0 saturated carbocycles. The van der Waals surface area contributed by atoms with E-state index in [0.29, 0.717) is 13.0 Å². The molecule has 94 valence electrons. The number of nitrogens with two attached hydrogens (primary N) is 1. The molecule has 1 aliphatic rings. The largest absolute Gasteiger partial charge is 0.385 e. The molecule has 2 atom stereocenters. The molecule has 0 bridgehead atoms. The highest BCUT2D eigenvalue weighted by Gasteiger charge is 2.42. The van der Waals surface area contributed by atoms with Gasteiger partial charge in [-0.2, -0.15) is 0 Å². The average Bonchev–Trinajstić information content (AvgIpc) is 2.64. The van der Waals surface area contributed by atoms with Gasteiger partial charge in [-0.3, -0.25) is 0 Å². The fraction of sp³-hybridized carbons (Fsp3) is 0.571. The number of halogens is 1. The molecule has 2 unspecified atom stereocenters. The molecule has 3 N–H and O–H groups in total. The third kappa shape index (κ3) is 2.09. The van der Waals surface area contributed by atoms with Gasteiger partial charge in [-0.05, 0) is 49.1 Å². The van der Waals surface area contributed by atoms with E-state index in [9.17, 15) is 9.50 Å². The second-order valence-electron chi connectivity index (χ2n) is 4.95. The lowest BCUT2D eigenvalue weighted by molar-refractivity contribution is -0.0227. The maximum atomic E-state index is 13.1. The summed E-state index contributed by atoms with van der Waals surface area (Å²) in [6.07, 6.45) is 3.31. The predicted molar refractivity (Wildman–Crippen MR) is 66.1 cm³/mol. The lowest BCUT2D eigenvalue weighted by atomic mass is 9.80. The van der Waals surface area contributed by atoms with Crippen molar-refractivity contribution in [1.29, 1.82) is 0 Å². The first kappa shape index (κ1) is 12.5. The summed E-state index contributed by atoms with van der Waals surface area (Å²) in [5.74, 6) is -0.160. The highest BCUT2D eigenvalue weighted by Crippen LogP contribution is 2.43. The van der Waals surface area contributed by atoms with Gasteiger partial charge in [0.15, 0.2) is 0 Å². The molecule has 0 amide bonds. The monoisotopic (exact) mass is 237 g/mol. The molecule has 0 fully saturated rings. The van der Waals surface area contributed by atoms with Gasteiger partial charge in [0.1, 0.15) is 5.82 Å².